The van der Waals surface area contributed by atoms with Gasteiger partial charge in [0.2, 0.25) is 0 Å². The van der Waals surface area contributed by atoms with Crippen molar-refractivity contribution in [3.63, 3.8) is 0 Å². The van der Waals surface area contributed by atoms with Crippen molar-refractivity contribution in [2.24, 2.45) is 0 Å². The van der Waals surface area contributed by atoms with E-state index in [4.69, 9.17) is 10.2 Å². The van der Waals surface area contributed by atoms with Gasteiger partial charge < -0.3 is 10.2 Å². The molecule has 170 valence electrons. The Kier molecular flexibility index (Phi) is 9.98. The van der Waals surface area contributed by atoms with Gasteiger partial charge >= 0.3 is 0 Å². The summed E-state index contributed by atoms with van der Waals surface area (Å²) in [5.41, 5.74) is 2.86. The molecule has 0 aliphatic heterocycles. The fourth-order valence-corrected chi connectivity index (χ4v) is 3.36. The molecule has 0 aliphatic rings. The van der Waals surface area contributed by atoms with E-state index in [-0.39, 0.29) is 7.43 Å². The number of aromatic hydroxyl groups is 2. The van der Waals surface area contributed by atoms with Crippen molar-refractivity contribution >= 4 is 21.5 Å². The van der Waals surface area contributed by atoms with Crippen LogP contribution in [0.1, 0.15) is 32.4 Å². The van der Waals surface area contributed by atoms with Gasteiger partial charge in [0, 0.05) is 0 Å². The fourth-order valence-electron chi connectivity index (χ4n) is 3.36. The molecule has 0 aliphatic carbocycles. The largest absolute Gasteiger partial charge is 0.508 e. The van der Waals surface area contributed by atoms with Gasteiger partial charge in [-0.3, -0.25) is 0 Å². The van der Waals surface area contributed by atoms with Gasteiger partial charge in [-0.15, -0.1) is 0 Å². The Morgan fingerprint density at radius 3 is 1.12 bits per heavy atom. The highest BCUT2D eigenvalue weighted by atomic mass is 16.3. The lowest BCUT2D eigenvalue weighted by Gasteiger charge is -1.97. The van der Waals surface area contributed by atoms with Crippen LogP contribution in [0.5, 0.6) is 11.5 Å². The van der Waals surface area contributed by atoms with Crippen LogP contribution in [-0.4, -0.2) is 10.2 Å². The summed E-state index contributed by atoms with van der Waals surface area (Å²) < 4.78 is 0. The highest BCUT2D eigenvalue weighted by Crippen LogP contribution is 2.19. The van der Waals surface area contributed by atoms with E-state index in [2.05, 4.69) is 38.1 Å². The Morgan fingerprint density at radius 2 is 0.788 bits per heavy atom. The van der Waals surface area contributed by atoms with E-state index in [0.717, 1.165) is 34.4 Å². The molecule has 5 rings (SSSR count). The third kappa shape index (κ3) is 7.69. The fraction of sp³-hybridized carbons (Fsp3) is 0.161. The van der Waals surface area contributed by atoms with Crippen LogP contribution in [0.3, 0.4) is 0 Å². The maximum Gasteiger partial charge on any atom is 0.116 e. The van der Waals surface area contributed by atoms with Crippen LogP contribution in [0.4, 0.5) is 0 Å². The van der Waals surface area contributed by atoms with Gasteiger partial charge in [-0.05, 0) is 69.8 Å². The molecule has 5 aromatic rings. The minimum Gasteiger partial charge on any atom is -0.508 e. The number of phenols is 2. The molecule has 0 saturated heterocycles. The Hall–Kier alpha value is -3.78. The number of benzene rings is 5. The summed E-state index contributed by atoms with van der Waals surface area (Å²) in [5.74, 6) is 0.646. The molecule has 0 heterocycles. The molecular formula is C31H34O2. The van der Waals surface area contributed by atoms with E-state index in [0.29, 0.717) is 11.5 Å². The Morgan fingerprint density at radius 1 is 0.455 bits per heavy atom. The van der Waals surface area contributed by atoms with Gasteiger partial charge in [-0.2, -0.15) is 0 Å². The molecular weight excluding hydrogens is 404 g/mol. The predicted molar refractivity (Wildman–Crippen MR) is 143 cm³/mol. The molecule has 0 atom stereocenters. The molecule has 5 aromatic carbocycles. The van der Waals surface area contributed by atoms with Crippen LogP contribution in [0.15, 0.2) is 109 Å². The number of hydrogen-bond donors (Lipinski definition) is 2. The van der Waals surface area contributed by atoms with Crippen LogP contribution in [0, 0.1) is 0 Å². The Labute approximate surface area is 197 Å². The lowest BCUT2D eigenvalue weighted by atomic mass is 10.1. The molecule has 2 nitrogen and oxygen atoms in total. The number of fused-ring (bicyclic) bond motifs is 2. The number of phenolic OH excluding ortho intramolecular Hbond substituents is 2. The average molecular weight is 439 g/mol. The van der Waals surface area contributed by atoms with Crippen molar-refractivity contribution in [1.29, 1.82) is 0 Å². The van der Waals surface area contributed by atoms with Gasteiger partial charge in [0.25, 0.3) is 0 Å². The minimum atomic E-state index is 0. The third-order valence-corrected chi connectivity index (χ3v) is 5.31. The molecule has 33 heavy (non-hydrogen) atoms. The molecule has 0 spiro atoms. The first-order chi connectivity index (χ1) is 15.6. The molecule has 0 unspecified atom stereocenters. The van der Waals surface area contributed by atoms with Gasteiger partial charge in [-0.25, -0.2) is 0 Å². The normalized spacial score (nSPS) is 9.76. The summed E-state index contributed by atoms with van der Waals surface area (Å²) >= 11 is 0. The summed E-state index contributed by atoms with van der Waals surface area (Å²) in [7, 11) is 0. The van der Waals surface area contributed by atoms with Crippen molar-refractivity contribution in [2.75, 3.05) is 0 Å². The molecule has 0 fully saturated rings. The molecule has 0 radical (unpaired) electrons. The van der Waals surface area contributed by atoms with Crippen LogP contribution in [-0.2, 0) is 12.8 Å². The number of hydrogen-bond acceptors (Lipinski definition) is 2. The highest BCUT2D eigenvalue weighted by Gasteiger charge is 1.92. The number of aryl methyl sites for hydroxylation is 2. The van der Waals surface area contributed by atoms with E-state index in [1.807, 2.05) is 60.7 Å². The van der Waals surface area contributed by atoms with Crippen LogP contribution in [0.2, 0.25) is 0 Å². The molecule has 0 aromatic heterocycles. The van der Waals surface area contributed by atoms with Crippen molar-refractivity contribution < 1.29 is 10.2 Å². The first-order valence-electron chi connectivity index (χ1n) is 11.0. The minimum absolute atomic E-state index is 0. The zero-order valence-corrected chi connectivity index (χ0v) is 18.7. The first-order valence-corrected chi connectivity index (χ1v) is 11.0. The van der Waals surface area contributed by atoms with E-state index >= 15 is 0 Å². The highest BCUT2D eigenvalue weighted by molar-refractivity contribution is 5.84. The second-order valence-corrected chi connectivity index (χ2v) is 7.59. The topological polar surface area (TPSA) is 40.5 Å². The lowest BCUT2D eigenvalue weighted by Crippen LogP contribution is -1.81. The molecule has 2 heteroatoms. The maximum absolute atomic E-state index is 9.13. The zero-order chi connectivity index (χ0) is 22.8. The SMILES string of the molecule is C.CCc1ccc(CC)cc1.Oc1ccc2ccccc2c1.Oc1ccc2ccccc2c1. The lowest BCUT2D eigenvalue weighted by molar-refractivity contribution is 0.475. The van der Waals surface area contributed by atoms with Crippen molar-refractivity contribution in [3.8, 4) is 11.5 Å². The van der Waals surface area contributed by atoms with Crippen molar-refractivity contribution in [2.45, 2.75) is 34.1 Å². The molecule has 2 N–H and O–H groups in total. The molecule has 0 saturated carbocycles. The van der Waals surface area contributed by atoms with Crippen molar-refractivity contribution in [3.05, 3.63) is 120 Å². The van der Waals surface area contributed by atoms with E-state index < -0.39 is 0 Å². The van der Waals surface area contributed by atoms with Gasteiger partial charge in [0.15, 0.2) is 0 Å². The van der Waals surface area contributed by atoms with E-state index in [9.17, 15) is 0 Å². The predicted octanol–water partition coefficient (Wildman–Crippen LogP) is 8.54. The summed E-state index contributed by atoms with van der Waals surface area (Å²) in [4.78, 5) is 0. The second-order valence-electron chi connectivity index (χ2n) is 7.59. The summed E-state index contributed by atoms with van der Waals surface area (Å²) in [6.07, 6.45) is 2.29. The first kappa shape index (κ1) is 25.5. The quantitative estimate of drug-likeness (QED) is 0.290. The smallest absolute Gasteiger partial charge is 0.116 e. The van der Waals surface area contributed by atoms with Gasteiger partial charge in [0.1, 0.15) is 11.5 Å². The molecule has 0 amide bonds. The second kappa shape index (κ2) is 12.9. The zero-order valence-electron chi connectivity index (χ0n) is 18.7. The van der Waals surface area contributed by atoms with E-state index in [1.165, 1.54) is 11.1 Å². The molecule has 0 bridgehead atoms. The maximum atomic E-state index is 9.13. The average Bonchev–Trinajstić information content (AvgIpc) is 2.84. The van der Waals surface area contributed by atoms with Crippen LogP contribution >= 0.6 is 0 Å². The standard InChI is InChI=1S/2C10H8O.C10H14.CH4/c2*11-10-6-5-8-3-1-2-4-9(8)7-10;1-3-9-5-7-10(4-2)8-6-9;/h2*1-7,11H;5-8H,3-4H2,1-2H3;1H4. The van der Waals surface area contributed by atoms with Crippen molar-refractivity contribution in [1.82, 2.24) is 0 Å². The summed E-state index contributed by atoms with van der Waals surface area (Å²) in [6, 6.07) is 35.5. The van der Waals surface area contributed by atoms with Gasteiger partial charge in [0.05, 0.1) is 0 Å². The Balaban J connectivity index is 0.000000173. The monoisotopic (exact) mass is 438 g/mol. The van der Waals surface area contributed by atoms with Crippen LogP contribution < -0.4 is 0 Å². The van der Waals surface area contributed by atoms with E-state index in [1.54, 1.807) is 24.3 Å². The van der Waals surface area contributed by atoms with Gasteiger partial charge in [-0.1, -0.05) is 106 Å². The summed E-state index contributed by atoms with van der Waals surface area (Å²) in [6.45, 7) is 4.36. The Bertz CT molecular complexity index is 1160. The third-order valence-electron chi connectivity index (χ3n) is 5.31. The number of rotatable bonds is 2. The van der Waals surface area contributed by atoms with Crippen LogP contribution in [0.25, 0.3) is 21.5 Å². The summed E-state index contributed by atoms with van der Waals surface area (Å²) in [5, 5.41) is 22.7.